The summed E-state index contributed by atoms with van der Waals surface area (Å²) in [5, 5.41) is 5.21. The van der Waals surface area contributed by atoms with E-state index in [2.05, 4.69) is 10.6 Å². The van der Waals surface area contributed by atoms with Crippen molar-refractivity contribution in [1.82, 2.24) is 15.5 Å². The SMILES string of the molecule is CC(C)C(=O)OCOC(=O)NC(C)(C)C(=O)N[C@H](COC(C)c1ccccc1)C(=O)N1CCC2(CC1)CN(S(C)(=O)=O)c1ccccc12. The first kappa shape index (κ1) is 36.7. The lowest BCUT2D eigenvalue weighted by atomic mass is 9.74. The lowest BCUT2D eigenvalue weighted by Gasteiger charge is -2.41. The van der Waals surface area contributed by atoms with Gasteiger partial charge in [0.15, 0.2) is 0 Å². The molecule has 1 spiro atoms. The number of anilines is 1. The molecule has 0 radical (unpaired) electrons. The Morgan fingerprint density at radius 1 is 0.938 bits per heavy atom. The van der Waals surface area contributed by atoms with Gasteiger partial charge in [-0.1, -0.05) is 62.4 Å². The van der Waals surface area contributed by atoms with E-state index in [1.807, 2.05) is 61.5 Å². The lowest BCUT2D eigenvalue weighted by Crippen LogP contribution is -2.61. The maximum atomic E-state index is 14.0. The molecule has 2 heterocycles. The molecule has 0 aromatic heterocycles. The molecule has 13 nitrogen and oxygen atoms in total. The van der Waals surface area contributed by atoms with Crippen molar-refractivity contribution < 1.29 is 41.8 Å². The van der Waals surface area contributed by atoms with Gasteiger partial charge in [-0.15, -0.1) is 0 Å². The van der Waals surface area contributed by atoms with E-state index < -0.39 is 57.7 Å². The second-order valence-corrected chi connectivity index (χ2v) is 15.1. The summed E-state index contributed by atoms with van der Waals surface area (Å²) in [5.74, 6) is -1.96. The molecular formula is C34H46N4O9S. The summed E-state index contributed by atoms with van der Waals surface area (Å²) in [6.07, 6.45) is 0.899. The monoisotopic (exact) mass is 686 g/mol. The van der Waals surface area contributed by atoms with Crippen molar-refractivity contribution >= 4 is 39.6 Å². The summed E-state index contributed by atoms with van der Waals surface area (Å²) in [4.78, 5) is 53.2. The zero-order valence-corrected chi connectivity index (χ0v) is 29.2. The predicted molar refractivity (Wildman–Crippen MR) is 178 cm³/mol. The Morgan fingerprint density at radius 2 is 1.56 bits per heavy atom. The van der Waals surface area contributed by atoms with Crippen LogP contribution in [0.1, 0.15) is 64.7 Å². The molecular weight excluding hydrogens is 640 g/mol. The first-order chi connectivity index (χ1) is 22.5. The molecule has 2 N–H and O–H groups in total. The number of piperidine rings is 1. The van der Waals surface area contributed by atoms with E-state index in [0.717, 1.165) is 11.1 Å². The third-order valence-corrected chi connectivity index (χ3v) is 9.98. The van der Waals surface area contributed by atoms with Gasteiger partial charge in [-0.3, -0.25) is 18.7 Å². The fourth-order valence-electron chi connectivity index (χ4n) is 5.91. The highest BCUT2D eigenvalue weighted by molar-refractivity contribution is 7.92. The van der Waals surface area contributed by atoms with Gasteiger partial charge in [0.2, 0.25) is 28.6 Å². The first-order valence-corrected chi connectivity index (χ1v) is 17.8. The molecule has 0 saturated carbocycles. The van der Waals surface area contributed by atoms with Crippen LogP contribution in [-0.2, 0) is 44.0 Å². The zero-order chi connectivity index (χ0) is 35.3. The van der Waals surface area contributed by atoms with Gasteiger partial charge in [0.1, 0.15) is 11.6 Å². The molecule has 14 heteroatoms. The van der Waals surface area contributed by atoms with Gasteiger partial charge in [0.25, 0.3) is 0 Å². The molecule has 2 aromatic carbocycles. The number of ether oxygens (including phenoxy) is 3. The zero-order valence-electron chi connectivity index (χ0n) is 28.4. The molecule has 48 heavy (non-hydrogen) atoms. The fraction of sp³-hybridized carbons (Fsp3) is 0.529. The van der Waals surface area contributed by atoms with E-state index in [1.54, 1.807) is 18.7 Å². The maximum absolute atomic E-state index is 14.0. The summed E-state index contributed by atoms with van der Waals surface area (Å²) in [7, 11) is -3.49. The Bertz CT molecular complexity index is 1590. The van der Waals surface area contributed by atoms with Crippen LogP contribution >= 0.6 is 0 Å². The van der Waals surface area contributed by atoms with Crippen molar-refractivity contribution in [2.75, 3.05) is 43.6 Å². The van der Waals surface area contributed by atoms with Gasteiger partial charge < -0.3 is 29.7 Å². The number of nitrogens with one attached hydrogen (secondary N) is 2. The highest BCUT2D eigenvalue weighted by Gasteiger charge is 2.48. The highest BCUT2D eigenvalue weighted by atomic mass is 32.2. The van der Waals surface area contributed by atoms with Gasteiger partial charge in [-0.05, 0) is 50.8 Å². The number of fused-ring (bicyclic) bond motifs is 2. The average molecular weight is 687 g/mol. The smallest absolute Gasteiger partial charge is 0.410 e. The second kappa shape index (κ2) is 14.9. The van der Waals surface area contributed by atoms with Crippen molar-refractivity contribution in [2.24, 2.45) is 5.92 Å². The number of rotatable bonds is 12. The van der Waals surface area contributed by atoms with Gasteiger partial charge in [0.05, 0.1) is 30.6 Å². The number of likely N-dealkylation sites (tertiary alicyclic amines) is 1. The molecule has 2 aromatic rings. The number of nitrogens with zero attached hydrogens (tertiary/aromatic N) is 2. The molecule has 0 bridgehead atoms. The lowest BCUT2D eigenvalue weighted by molar-refractivity contribution is -0.155. The van der Waals surface area contributed by atoms with Crippen molar-refractivity contribution in [3.63, 3.8) is 0 Å². The normalized spacial score (nSPS) is 17.0. The van der Waals surface area contributed by atoms with Crippen LogP contribution < -0.4 is 14.9 Å². The standard InChI is InChI=1S/C34H46N4O9S/c1-23(2)30(40)46-22-47-32(42)36-33(4,5)31(41)35-27(20-45-24(3)25-12-8-7-9-13-25)29(39)37-18-16-34(17-19-37)21-38(48(6,43)44)28-15-11-10-14-26(28)34/h7-15,23-24,27H,16-22H2,1-6H3,(H,35,41)(H,36,42)/t24?,27-/m1/s1. The summed E-state index contributed by atoms with van der Waals surface area (Å²) in [5.41, 5.74) is 0.555. The van der Waals surface area contributed by atoms with Crippen LogP contribution in [0.2, 0.25) is 0 Å². The van der Waals surface area contributed by atoms with E-state index >= 15 is 0 Å². The summed E-state index contributed by atoms with van der Waals surface area (Å²) >= 11 is 0. The van der Waals surface area contributed by atoms with E-state index in [9.17, 15) is 27.6 Å². The minimum absolute atomic E-state index is 0.140. The summed E-state index contributed by atoms with van der Waals surface area (Å²) in [6.45, 7) is 8.26. The molecule has 4 rings (SSSR count). The third-order valence-electron chi connectivity index (χ3n) is 8.85. The average Bonchev–Trinajstić information content (AvgIpc) is 3.37. The van der Waals surface area contributed by atoms with Crippen LogP contribution in [0.5, 0.6) is 0 Å². The minimum atomic E-state index is -3.49. The molecule has 1 unspecified atom stereocenters. The first-order valence-electron chi connectivity index (χ1n) is 16.0. The third kappa shape index (κ3) is 8.64. The van der Waals surface area contributed by atoms with Crippen molar-refractivity contribution in [2.45, 2.75) is 70.6 Å². The molecule has 0 aliphatic carbocycles. The van der Waals surface area contributed by atoms with Crippen molar-refractivity contribution in [3.05, 3.63) is 65.7 Å². The molecule has 1 fully saturated rings. The van der Waals surface area contributed by atoms with Gasteiger partial charge in [0, 0.05) is 25.0 Å². The highest BCUT2D eigenvalue weighted by Crippen LogP contribution is 2.47. The van der Waals surface area contributed by atoms with Crippen LogP contribution in [-0.4, -0.2) is 88.1 Å². The van der Waals surface area contributed by atoms with Crippen LogP contribution in [0.4, 0.5) is 10.5 Å². The van der Waals surface area contributed by atoms with Gasteiger partial charge in [-0.25, -0.2) is 13.2 Å². The van der Waals surface area contributed by atoms with E-state index in [0.29, 0.717) is 38.2 Å². The number of alkyl carbamates (subject to hydrolysis) is 1. The summed E-state index contributed by atoms with van der Waals surface area (Å²) in [6, 6.07) is 15.8. The number of hydrogen-bond acceptors (Lipinski definition) is 9. The number of sulfonamides is 1. The molecule has 2 atom stereocenters. The van der Waals surface area contributed by atoms with E-state index in [1.165, 1.54) is 24.4 Å². The van der Waals surface area contributed by atoms with Gasteiger partial charge >= 0.3 is 12.1 Å². The van der Waals surface area contributed by atoms with E-state index in [-0.39, 0.29) is 18.6 Å². The number of benzene rings is 2. The number of para-hydroxylation sites is 1. The van der Waals surface area contributed by atoms with Gasteiger partial charge in [-0.2, -0.15) is 0 Å². The van der Waals surface area contributed by atoms with Crippen LogP contribution in [0.25, 0.3) is 0 Å². The molecule has 3 amide bonds. The Hall–Kier alpha value is -4.17. The quantitative estimate of drug-likeness (QED) is 0.252. The number of carbonyl (C=O) groups excluding carboxylic acids is 4. The number of esters is 1. The second-order valence-electron chi connectivity index (χ2n) is 13.2. The topological polar surface area (TPSA) is 161 Å². The van der Waals surface area contributed by atoms with Crippen LogP contribution in [0.3, 0.4) is 0 Å². The van der Waals surface area contributed by atoms with Crippen molar-refractivity contribution in [3.8, 4) is 0 Å². The number of carbonyl (C=O) groups is 4. The Labute approximate surface area is 282 Å². The fourth-order valence-corrected chi connectivity index (χ4v) is 6.91. The maximum Gasteiger partial charge on any atom is 0.410 e. The Morgan fingerprint density at radius 3 is 2.19 bits per heavy atom. The number of hydrogen-bond donors (Lipinski definition) is 2. The van der Waals surface area contributed by atoms with Crippen LogP contribution in [0, 0.1) is 5.92 Å². The Balaban J connectivity index is 1.45. The molecule has 262 valence electrons. The van der Waals surface area contributed by atoms with Crippen molar-refractivity contribution in [1.29, 1.82) is 0 Å². The number of amides is 3. The Kier molecular flexibility index (Phi) is 11.4. The largest absolute Gasteiger partial charge is 0.428 e. The van der Waals surface area contributed by atoms with E-state index in [4.69, 9.17) is 14.2 Å². The van der Waals surface area contributed by atoms with Crippen LogP contribution in [0.15, 0.2) is 54.6 Å². The summed E-state index contributed by atoms with van der Waals surface area (Å²) < 4.78 is 42.5. The molecule has 2 aliphatic rings. The molecule has 2 aliphatic heterocycles. The molecule has 1 saturated heterocycles. The predicted octanol–water partition coefficient (Wildman–Crippen LogP) is 3.25. The minimum Gasteiger partial charge on any atom is -0.428 e.